The fourth-order valence-corrected chi connectivity index (χ4v) is 2.77. The summed E-state index contributed by atoms with van der Waals surface area (Å²) < 4.78 is 0. The van der Waals surface area contributed by atoms with E-state index in [1.807, 2.05) is 18.2 Å². The fraction of sp³-hybridized carbons (Fsp3) is 0.235. The Labute approximate surface area is 151 Å². The summed E-state index contributed by atoms with van der Waals surface area (Å²) in [5, 5.41) is 17.7. The van der Waals surface area contributed by atoms with Crippen molar-refractivity contribution in [2.24, 2.45) is 0 Å². The van der Waals surface area contributed by atoms with E-state index in [0.29, 0.717) is 15.8 Å². The van der Waals surface area contributed by atoms with Crippen molar-refractivity contribution in [2.45, 2.75) is 26.7 Å². The Morgan fingerprint density at radius 3 is 2.33 bits per heavy atom. The molecule has 0 heterocycles. The smallest absolute Gasteiger partial charge is 0.271 e. The number of nitrogens with zero attached hydrogens (tertiary/aromatic N) is 1. The van der Waals surface area contributed by atoms with Crippen LogP contribution in [0.2, 0.25) is 5.02 Å². The van der Waals surface area contributed by atoms with Crippen molar-refractivity contribution in [1.82, 2.24) is 0 Å². The number of hydrogen-bond acceptors (Lipinski definition) is 3. The normalized spacial score (nSPS) is 10.3. The Balaban J connectivity index is 2.23. The SMILES string of the molecule is CCc1cccc(CC)c1NC(=S)Nc1cc([N+](=O)[O-])ccc1Cl. The minimum Gasteiger partial charge on any atom is -0.332 e. The number of nitro benzene ring substituents is 1. The number of aryl methyl sites for hydroxylation is 2. The Hall–Kier alpha value is -2.18. The molecule has 0 aromatic heterocycles. The molecule has 2 aromatic carbocycles. The molecule has 0 aliphatic heterocycles. The molecule has 0 atom stereocenters. The third-order valence-corrected chi connectivity index (χ3v) is 4.18. The first kappa shape index (κ1) is 18.2. The molecular weight excluding hydrogens is 346 g/mol. The van der Waals surface area contributed by atoms with E-state index in [0.717, 1.165) is 29.7 Å². The van der Waals surface area contributed by atoms with Crippen molar-refractivity contribution in [1.29, 1.82) is 0 Å². The van der Waals surface area contributed by atoms with Gasteiger partial charge in [0.05, 0.1) is 15.6 Å². The van der Waals surface area contributed by atoms with Crippen molar-refractivity contribution in [3.63, 3.8) is 0 Å². The first-order valence-corrected chi connectivity index (χ1v) is 8.37. The summed E-state index contributed by atoms with van der Waals surface area (Å²) in [7, 11) is 0. The highest BCUT2D eigenvalue weighted by Crippen LogP contribution is 2.28. The van der Waals surface area contributed by atoms with Crippen LogP contribution in [0.15, 0.2) is 36.4 Å². The van der Waals surface area contributed by atoms with Crippen LogP contribution in [0.1, 0.15) is 25.0 Å². The van der Waals surface area contributed by atoms with E-state index in [2.05, 4.69) is 24.5 Å². The summed E-state index contributed by atoms with van der Waals surface area (Å²) in [6, 6.07) is 10.3. The fourth-order valence-electron chi connectivity index (χ4n) is 2.39. The molecule has 7 heteroatoms. The van der Waals surface area contributed by atoms with Gasteiger partial charge in [0.1, 0.15) is 0 Å². The van der Waals surface area contributed by atoms with Crippen LogP contribution in [0.4, 0.5) is 17.1 Å². The molecule has 2 aromatic rings. The average molecular weight is 364 g/mol. The number of hydrogen-bond donors (Lipinski definition) is 2. The molecule has 0 radical (unpaired) electrons. The van der Waals surface area contributed by atoms with Gasteiger partial charge in [0, 0.05) is 17.8 Å². The summed E-state index contributed by atoms with van der Waals surface area (Å²) in [6.07, 6.45) is 1.74. The Morgan fingerprint density at radius 2 is 1.79 bits per heavy atom. The predicted molar refractivity (Wildman–Crippen MR) is 103 cm³/mol. The van der Waals surface area contributed by atoms with Gasteiger partial charge >= 0.3 is 0 Å². The van der Waals surface area contributed by atoms with Crippen LogP contribution in [0.25, 0.3) is 0 Å². The largest absolute Gasteiger partial charge is 0.332 e. The quantitative estimate of drug-likeness (QED) is 0.435. The van der Waals surface area contributed by atoms with Crippen molar-refractivity contribution >= 4 is 46.0 Å². The van der Waals surface area contributed by atoms with Crippen molar-refractivity contribution in [3.8, 4) is 0 Å². The van der Waals surface area contributed by atoms with Gasteiger partial charge in [0.25, 0.3) is 5.69 Å². The van der Waals surface area contributed by atoms with Crippen LogP contribution in [-0.2, 0) is 12.8 Å². The lowest BCUT2D eigenvalue weighted by molar-refractivity contribution is -0.384. The second kappa shape index (κ2) is 8.08. The standard InChI is InChI=1S/C17H18ClN3O2S/c1-3-11-6-5-7-12(4-2)16(11)20-17(24)19-15-10-13(21(22)23)8-9-14(15)18/h5-10H,3-4H2,1-2H3,(H2,19,20,24). The highest BCUT2D eigenvalue weighted by atomic mass is 35.5. The maximum atomic E-state index is 10.9. The number of rotatable bonds is 5. The lowest BCUT2D eigenvalue weighted by atomic mass is 10.0. The van der Waals surface area contributed by atoms with Gasteiger partial charge in [-0.25, -0.2) is 0 Å². The van der Waals surface area contributed by atoms with Crippen LogP contribution >= 0.6 is 23.8 Å². The monoisotopic (exact) mass is 363 g/mol. The molecule has 0 fully saturated rings. The van der Waals surface area contributed by atoms with E-state index >= 15 is 0 Å². The zero-order chi connectivity index (χ0) is 17.7. The van der Waals surface area contributed by atoms with Crippen molar-refractivity contribution in [3.05, 3.63) is 62.7 Å². The zero-order valence-corrected chi connectivity index (χ0v) is 15.0. The first-order valence-electron chi connectivity index (χ1n) is 7.59. The Morgan fingerprint density at radius 1 is 1.17 bits per heavy atom. The van der Waals surface area contributed by atoms with Gasteiger partial charge in [-0.15, -0.1) is 0 Å². The molecule has 0 aliphatic carbocycles. The van der Waals surface area contributed by atoms with Crippen LogP contribution in [-0.4, -0.2) is 10.0 Å². The second-order valence-electron chi connectivity index (χ2n) is 5.16. The molecule has 2 N–H and O–H groups in total. The Bertz CT molecular complexity index is 758. The summed E-state index contributed by atoms with van der Waals surface area (Å²) in [4.78, 5) is 10.4. The number of nitrogens with one attached hydrogen (secondary N) is 2. The summed E-state index contributed by atoms with van der Waals surface area (Å²) in [5.41, 5.74) is 3.64. The number of halogens is 1. The number of thiocarbonyl (C=S) groups is 1. The summed E-state index contributed by atoms with van der Waals surface area (Å²) in [6.45, 7) is 4.15. The van der Waals surface area contributed by atoms with Crippen LogP contribution < -0.4 is 10.6 Å². The van der Waals surface area contributed by atoms with Crippen molar-refractivity contribution < 1.29 is 4.92 Å². The molecule has 0 aliphatic rings. The summed E-state index contributed by atoms with van der Waals surface area (Å²) in [5.74, 6) is 0. The number of anilines is 2. The minimum atomic E-state index is -0.473. The first-order chi connectivity index (χ1) is 11.5. The van der Waals surface area contributed by atoms with Crippen molar-refractivity contribution in [2.75, 3.05) is 10.6 Å². The summed E-state index contributed by atoms with van der Waals surface area (Å²) >= 11 is 11.4. The van der Waals surface area contributed by atoms with E-state index in [1.165, 1.54) is 18.2 Å². The lowest BCUT2D eigenvalue weighted by Gasteiger charge is -2.17. The highest BCUT2D eigenvalue weighted by Gasteiger charge is 2.12. The number of para-hydroxylation sites is 1. The molecule has 0 bridgehead atoms. The molecule has 0 spiro atoms. The van der Waals surface area contributed by atoms with Gasteiger partial charge in [0.2, 0.25) is 0 Å². The Kier molecular flexibility index (Phi) is 6.11. The van der Waals surface area contributed by atoms with Gasteiger partial charge in [-0.05, 0) is 42.3 Å². The number of non-ortho nitro benzene ring substituents is 1. The average Bonchev–Trinajstić information content (AvgIpc) is 2.56. The molecule has 0 amide bonds. The van der Waals surface area contributed by atoms with E-state index in [1.54, 1.807) is 0 Å². The lowest BCUT2D eigenvalue weighted by Crippen LogP contribution is -2.21. The van der Waals surface area contributed by atoms with Crippen LogP contribution in [0.5, 0.6) is 0 Å². The maximum absolute atomic E-state index is 10.9. The van der Waals surface area contributed by atoms with Gasteiger partial charge in [-0.1, -0.05) is 43.6 Å². The van der Waals surface area contributed by atoms with E-state index in [4.69, 9.17) is 23.8 Å². The molecular formula is C17H18ClN3O2S. The minimum absolute atomic E-state index is 0.0482. The van der Waals surface area contributed by atoms with Crippen LogP contribution in [0, 0.1) is 10.1 Å². The maximum Gasteiger partial charge on any atom is 0.271 e. The number of benzene rings is 2. The second-order valence-corrected chi connectivity index (χ2v) is 5.97. The van der Waals surface area contributed by atoms with Gasteiger partial charge < -0.3 is 10.6 Å². The molecule has 5 nitrogen and oxygen atoms in total. The zero-order valence-electron chi connectivity index (χ0n) is 13.4. The van der Waals surface area contributed by atoms with Gasteiger partial charge in [-0.3, -0.25) is 10.1 Å². The predicted octanol–water partition coefficient (Wildman–Crippen LogP) is 5.18. The molecule has 0 saturated carbocycles. The molecule has 0 unspecified atom stereocenters. The third kappa shape index (κ3) is 4.21. The van der Waals surface area contributed by atoms with E-state index in [-0.39, 0.29) is 5.69 Å². The molecule has 126 valence electrons. The van der Waals surface area contributed by atoms with Gasteiger partial charge in [0.15, 0.2) is 5.11 Å². The molecule has 2 rings (SSSR count). The van der Waals surface area contributed by atoms with E-state index in [9.17, 15) is 10.1 Å². The molecule has 24 heavy (non-hydrogen) atoms. The topological polar surface area (TPSA) is 67.2 Å². The number of nitro groups is 1. The third-order valence-electron chi connectivity index (χ3n) is 3.65. The van der Waals surface area contributed by atoms with Crippen LogP contribution in [0.3, 0.4) is 0 Å². The van der Waals surface area contributed by atoms with E-state index < -0.39 is 4.92 Å². The highest BCUT2D eigenvalue weighted by molar-refractivity contribution is 7.80. The molecule has 0 saturated heterocycles. The van der Waals surface area contributed by atoms with Gasteiger partial charge in [-0.2, -0.15) is 0 Å².